The molecule has 5 atom stereocenters. The van der Waals surface area contributed by atoms with Crippen LogP contribution in [0.5, 0.6) is 0 Å². The number of hydrogen-bond donors (Lipinski definition) is 1. The Kier molecular flexibility index (Phi) is 3.78. The molecule has 2 bridgehead atoms. The predicted molar refractivity (Wildman–Crippen MR) is 88.6 cm³/mol. The van der Waals surface area contributed by atoms with Crippen LogP contribution in [0.4, 0.5) is 5.69 Å². The lowest BCUT2D eigenvalue weighted by Crippen LogP contribution is -2.35. The molecule has 2 saturated carbocycles. The van der Waals surface area contributed by atoms with Crippen LogP contribution in [0.25, 0.3) is 0 Å². The number of benzene rings is 1. The molecule has 25 heavy (non-hydrogen) atoms. The number of carbonyl (C=O) groups excluding carboxylic acids is 3. The largest absolute Gasteiger partial charge is 0.462 e. The number of rotatable bonds is 4. The molecular weight excluding hydrogens is 322 g/mol. The van der Waals surface area contributed by atoms with Crippen LogP contribution in [0.1, 0.15) is 24.0 Å². The highest BCUT2D eigenvalue weighted by molar-refractivity contribution is 5.94. The molecule has 6 heteroatoms. The van der Waals surface area contributed by atoms with E-state index in [1.165, 1.54) is 0 Å². The van der Waals surface area contributed by atoms with E-state index in [0.717, 1.165) is 24.0 Å². The summed E-state index contributed by atoms with van der Waals surface area (Å²) in [4.78, 5) is 36.5. The summed E-state index contributed by atoms with van der Waals surface area (Å²) in [6.07, 6.45) is 1.57. The van der Waals surface area contributed by atoms with Crippen molar-refractivity contribution in [2.75, 3.05) is 11.9 Å². The maximum Gasteiger partial charge on any atom is 0.310 e. The third-order valence-corrected chi connectivity index (χ3v) is 5.77. The van der Waals surface area contributed by atoms with Gasteiger partial charge in [-0.3, -0.25) is 14.4 Å². The minimum absolute atomic E-state index is 0.0147. The van der Waals surface area contributed by atoms with Gasteiger partial charge in [-0.1, -0.05) is 12.1 Å². The average Bonchev–Trinajstić information content (AvgIpc) is 3.18. The summed E-state index contributed by atoms with van der Waals surface area (Å²) in [6, 6.07) is 5.77. The lowest BCUT2D eigenvalue weighted by atomic mass is 9.80. The summed E-state index contributed by atoms with van der Waals surface area (Å²) in [7, 11) is 0. The van der Waals surface area contributed by atoms with E-state index in [4.69, 9.17) is 9.47 Å². The second-order valence-corrected chi connectivity index (χ2v) is 7.40. The maximum absolute atomic E-state index is 12.4. The molecule has 0 spiro atoms. The quantitative estimate of drug-likeness (QED) is 0.846. The van der Waals surface area contributed by atoms with E-state index in [1.54, 1.807) is 0 Å². The molecule has 1 aromatic carbocycles. The van der Waals surface area contributed by atoms with Gasteiger partial charge in [0.15, 0.2) is 6.61 Å². The molecule has 3 aliphatic rings. The molecule has 1 saturated heterocycles. The molecule has 0 unspecified atom stereocenters. The van der Waals surface area contributed by atoms with Crippen LogP contribution >= 0.6 is 0 Å². The number of fused-ring (bicyclic) bond motifs is 1. The number of anilines is 1. The van der Waals surface area contributed by atoms with Gasteiger partial charge in [0.1, 0.15) is 6.10 Å². The van der Waals surface area contributed by atoms with Gasteiger partial charge in [-0.2, -0.15) is 0 Å². The molecule has 1 N–H and O–H groups in total. The molecule has 132 valence electrons. The fraction of sp³-hybridized carbons (Fsp3) is 0.526. The van der Waals surface area contributed by atoms with E-state index < -0.39 is 11.9 Å². The summed E-state index contributed by atoms with van der Waals surface area (Å²) in [5.74, 6) is -1.65. The standard InChI is InChI=1S/C19H21NO5/c1-9-3-4-10(2)13(5-9)20-15(21)8-24-18(22)16-11-6-12-14(7-11)25-19(23)17(12)16/h3-5,11-12,14,16-17H,6-8H2,1-2H3,(H,20,21)/t11-,12-,14-,16+,17+/m1/s1. The fourth-order valence-electron chi connectivity index (χ4n) is 4.61. The minimum atomic E-state index is -0.454. The van der Waals surface area contributed by atoms with Crippen molar-refractivity contribution >= 4 is 23.5 Å². The monoisotopic (exact) mass is 343 g/mol. The molecule has 1 aliphatic heterocycles. The van der Waals surface area contributed by atoms with Gasteiger partial charge in [0.05, 0.1) is 11.8 Å². The van der Waals surface area contributed by atoms with Gasteiger partial charge in [0, 0.05) is 11.6 Å². The third kappa shape index (κ3) is 2.69. The van der Waals surface area contributed by atoms with E-state index in [-0.39, 0.29) is 42.3 Å². The number of nitrogens with one attached hydrogen (secondary N) is 1. The Hall–Kier alpha value is -2.37. The van der Waals surface area contributed by atoms with E-state index in [0.29, 0.717) is 5.69 Å². The van der Waals surface area contributed by atoms with Crippen molar-refractivity contribution in [1.29, 1.82) is 0 Å². The fourth-order valence-corrected chi connectivity index (χ4v) is 4.61. The Bertz CT molecular complexity index is 756. The van der Waals surface area contributed by atoms with Crippen molar-refractivity contribution in [3.8, 4) is 0 Å². The van der Waals surface area contributed by atoms with E-state index in [2.05, 4.69) is 5.32 Å². The Labute approximate surface area is 145 Å². The summed E-state index contributed by atoms with van der Waals surface area (Å²) < 4.78 is 10.5. The summed E-state index contributed by atoms with van der Waals surface area (Å²) in [5, 5.41) is 2.77. The van der Waals surface area contributed by atoms with Crippen LogP contribution < -0.4 is 5.32 Å². The summed E-state index contributed by atoms with van der Waals surface area (Å²) >= 11 is 0. The van der Waals surface area contributed by atoms with Crippen molar-refractivity contribution in [2.24, 2.45) is 23.7 Å². The van der Waals surface area contributed by atoms with Crippen LogP contribution in [0.3, 0.4) is 0 Å². The van der Waals surface area contributed by atoms with Gasteiger partial charge < -0.3 is 14.8 Å². The Morgan fingerprint density at radius 1 is 1.28 bits per heavy atom. The Morgan fingerprint density at radius 3 is 2.88 bits per heavy atom. The second-order valence-electron chi connectivity index (χ2n) is 7.40. The average molecular weight is 343 g/mol. The molecular formula is C19H21NO5. The van der Waals surface area contributed by atoms with Gasteiger partial charge in [0.25, 0.3) is 5.91 Å². The first-order valence-electron chi connectivity index (χ1n) is 8.68. The summed E-state index contributed by atoms with van der Waals surface area (Å²) in [6.45, 7) is 3.50. The van der Waals surface area contributed by atoms with Crippen molar-refractivity contribution in [3.05, 3.63) is 29.3 Å². The van der Waals surface area contributed by atoms with Gasteiger partial charge in [-0.05, 0) is 49.8 Å². The van der Waals surface area contributed by atoms with E-state index in [9.17, 15) is 14.4 Å². The van der Waals surface area contributed by atoms with Crippen molar-refractivity contribution in [1.82, 2.24) is 0 Å². The zero-order chi connectivity index (χ0) is 17.7. The number of hydrogen-bond acceptors (Lipinski definition) is 5. The third-order valence-electron chi connectivity index (χ3n) is 5.77. The number of ether oxygens (including phenoxy) is 2. The van der Waals surface area contributed by atoms with Gasteiger partial charge in [-0.15, -0.1) is 0 Å². The molecule has 0 aromatic heterocycles. The zero-order valence-electron chi connectivity index (χ0n) is 14.3. The first-order chi connectivity index (χ1) is 11.9. The molecule has 3 fully saturated rings. The minimum Gasteiger partial charge on any atom is -0.462 e. The van der Waals surface area contributed by atoms with Crippen LogP contribution in [0.15, 0.2) is 18.2 Å². The van der Waals surface area contributed by atoms with Crippen LogP contribution in [0.2, 0.25) is 0 Å². The molecule has 4 rings (SSSR count). The van der Waals surface area contributed by atoms with Gasteiger partial charge >= 0.3 is 11.9 Å². The number of carbonyl (C=O) groups is 3. The topological polar surface area (TPSA) is 81.7 Å². The summed E-state index contributed by atoms with van der Waals surface area (Å²) in [5.41, 5.74) is 2.69. The zero-order valence-corrected chi connectivity index (χ0v) is 14.3. The second kappa shape index (κ2) is 5.86. The smallest absolute Gasteiger partial charge is 0.310 e. The van der Waals surface area contributed by atoms with Gasteiger partial charge in [-0.25, -0.2) is 0 Å². The predicted octanol–water partition coefficient (Wildman–Crippen LogP) is 1.98. The molecule has 6 nitrogen and oxygen atoms in total. The lowest BCUT2D eigenvalue weighted by Gasteiger charge is -2.22. The molecule has 2 aliphatic carbocycles. The van der Waals surface area contributed by atoms with Crippen LogP contribution in [0, 0.1) is 37.5 Å². The van der Waals surface area contributed by atoms with Crippen molar-refractivity contribution in [2.45, 2.75) is 32.8 Å². The normalized spacial score (nSPS) is 31.8. The molecule has 0 radical (unpaired) electrons. The first kappa shape index (κ1) is 16.1. The van der Waals surface area contributed by atoms with E-state index >= 15 is 0 Å². The number of amides is 1. The molecule has 1 amide bonds. The Balaban J connectivity index is 1.35. The molecule has 1 heterocycles. The van der Waals surface area contributed by atoms with Gasteiger partial charge in [0.2, 0.25) is 0 Å². The van der Waals surface area contributed by atoms with E-state index in [1.807, 2.05) is 32.0 Å². The van der Waals surface area contributed by atoms with Crippen molar-refractivity contribution in [3.63, 3.8) is 0 Å². The first-order valence-corrected chi connectivity index (χ1v) is 8.68. The van der Waals surface area contributed by atoms with Crippen LogP contribution in [-0.2, 0) is 23.9 Å². The highest BCUT2D eigenvalue weighted by Gasteiger charge is 2.64. The number of aryl methyl sites for hydroxylation is 2. The van der Waals surface area contributed by atoms with Crippen LogP contribution in [-0.4, -0.2) is 30.6 Å². The maximum atomic E-state index is 12.4. The highest BCUT2D eigenvalue weighted by atomic mass is 16.6. The van der Waals surface area contributed by atoms with Crippen molar-refractivity contribution < 1.29 is 23.9 Å². The lowest BCUT2D eigenvalue weighted by molar-refractivity contribution is -0.157. The number of esters is 2. The SMILES string of the molecule is Cc1ccc(C)c(NC(=O)COC(=O)[C@H]2[C@@H]3C[C@H]4[C@@H]2C(=O)O[C@@H]4C3)c1. The highest BCUT2D eigenvalue weighted by Crippen LogP contribution is 2.57. The molecule has 1 aromatic rings. The Morgan fingerprint density at radius 2 is 2.08 bits per heavy atom.